The van der Waals surface area contributed by atoms with Crippen LogP contribution in [0.15, 0.2) is 18.2 Å². The molecule has 7 heteroatoms. The van der Waals surface area contributed by atoms with Crippen molar-refractivity contribution in [2.24, 2.45) is 0 Å². The summed E-state index contributed by atoms with van der Waals surface area (Å²) in [6.45, 7) is 2.08. The largest absolute Gasteiger partial charge is 0.382 e. The fourth-order valence-electron chi connectivity index (χ4n) is 2.14. The molecule has 0 radical (unpaired) electrons. The number of benzene rings is 1. The van der Waals surface area contributed by atoms with Crippen LogP contribution in [-0.2, 0) is 6.42 Å². The van der Waals surface area contributed by atoms with Gasteiger partial charge in [-0.2, -0.15) is 0 Å². The van der Waals surface area contributed by atoms with Gasteiger partial charge >= 0.3 is 0 Å². The van der Waals surface area contributed by atoms with E-state index in [1.165, 1.54) is 23.5 Å². The number of nitro benzene ring substituents is 1. The molecule has 0 unspecified atom stereocenters. The van der Waals surface area contributed by atoms with Crippen molar-refractivity contribution in [3.63, 3.8) is 0 Å². The van der Waals surface area contributed by atoms with E-state index < -0.39 is 4.92 Å². The molecule has 0 fully saturated rings. The van der Waals surface area contributed by atoms with Gasteiger partial charge in [-0.1, -0.05) is 6.92 Å². The Morgan fingerprint density at radius 1 is 1.40 bits per heavy atom. The molecule has 0 aliphatic rings. The first-order chi connectivity index (χ1) is 9.60. The van der Waals surface area contributed by atoms with Crippen molar-refractivity contribution in [2.75, 3.05) is 5.73 Å². The number of hydrogen-bond acceptors (Lipinski definition) is 6. The molecule has 2 N–H and O–H groups in total. The predicted molar refractivity (Wildman–Crippen MR) is 80.0 cm³/mol. The molecule has 0 bridgehead atoms. The average Bonchev–Trinajstić information content (AvgIpc) is 2.83. The van der Waals surface area contributed by atoms with Crippen LogP contribution in [0.25, 0.3) is 21.1 Å². The summed E-state index contributed by atoms with van der Waals surface area (Å²) in [5, 5.41) is 12.6. The summed E-state index contributed by atoms with van der Waals surface area (Å²) in [4.78, 5) is 19.3. The molecule has 102 valence electrons. The Bertz CT molecular complexity index is 828. The lowest BCUT2D eigenvalue weighted by Crippen LogP contribution is -1.94. The van der Waals surface area contributed by atoms with Crippen LogP contribution in [0.5, 0.6) is 0 Å². The van der Waals surface area contributed by atoms with Gasteiger partial charge in [0.05, 0.1) is 20.1 Å². The van der Waals surface area contributed by atoms with Crippen molar-refractivity contribution in [2.45, 2.75) is 19.8 Å². The monoisotopic (exact) mass is 288 g/mol. The SMILES string of the molecule is CCCc1nc2c(N)nc3ccc([N+](=O)[O-])cc3c2s1. The lowest BCUT2D eigenvalue weighted by molar-refractivity contribution is -0.384. The zero-order valence-corrected chi connectivity index (χ0v) is 11.6. The molecule has 1 aromatic carbocycles. The predicted octanol–water partition coefficient (Wildman–Crippen LogP) is 3.29. The first kappa shape index (κ1) is 12.7. The van der Waals surface area contributed by atoms with Gasteiger partial charge < -0.3 is 5.73 Å². The Kier molecular flexibility index (Phi) is 2.98. The topological polar surface area (TPSA) is 94.9 Å². The van der Waals surface area contributed by atoms with Gasteiger partial charge in [-0.25, -0.2) is 9.97 Å². The van der Waals surface area contributed by atoms with Gasteiger partial charge in [-0.3, -0.25) is 10.1 Å². The number of anilines is 1. The van der Waals surface area contributed by atoms with E-state index in [1.54, 1.807) is 6.07 Å². The van der Waals surface area contributed by atoms with Crippen LogP contribution in [0.3, 0.4) is 0 Å². The molecule has 0 spiro atoms. The lowest BCUT2D eigenvalue weighted by Gasteiger charge is -2.00. The Labute approximate surface area is 118 Å². The third-order valence-electron chi connectivity index (χ3n) is 3.05. The molecule has 3 rings (SSSR count). The van der Waals surface area contributed by atoms with Crippen LogP contribution >= 0.6 is 11.3 Å². The normalized spacial score (nSPS) is 11.2. The van der Waals surface area contributed by atoms with Crippen LogP contribution in [0.1, 0.15) is 18.4 Å². The number of aryl methyl sites for hydroxylation is 1. The molecule has 2 aromatic heterocycles. The van der Waals surface area contributed by atoms with E-state index in [0.29, 0.717) is 16.9 Å². The molecule has 0 atom stereocenters. The molecule has 0 saturated carbocycles. The van der Waals surface area contributed by atoms with Crippen molar-refractivity contribution in [3.05, 3.63) is 33.3 Å². The molecular weight excluding hydrogens is 276 g/mol. The van der Waals surface area contributed by atoms with Gasteiger partial charge in [0, 0.05) is 17.5 Å². The molecule has 3 aromatic rings. The van der Waals surface area contributed by atoms with Gasteiger partial charge in [0.1, 0.15) is 5.52 Å². The van der Waals surface area contributed by atoms with Crippen molar-refractivity contribution in [3.8, 4) is 0 Å². The number of hydrogen-bond donors (Lipinski definition) is 1. The van der Waals surface area contributed by atoms with E-state index in [9.17, 15) is 10.1 Å². The smallest absolute Gasteiger partial charge is 0.270 e. The highest BCUT2D eigenvalue weighted by Crippen LogP contribution is 2.34. The van der Waals surface area contributed by atoms with Gasteiger partial charge in [0.2, 0.25) is 0 Å². The van der Waals surface area contributed by atoms with E-state index >= 15 is 0 Å². The van der Waals surface area contributed by atoms with Crippen LogP contribution in [-0.4, -0.2) is 14.9 Å². The summed E-state index contributed by atoms with van der Waals surface area (Å²) in [6, 6.07) is 4.61. The molecule has 0 aliphatic carbocycles. The van der Waals surface area contributed by atoms with Crippen LogP contribution < -0.4 is 5.73 Å². The van der Waals surface area contributed by atoms with Crippen molar-refractivity contribution >= 4 is 44.0 Å². The number of aromatic nitrogens is 2. The summed E-state index contributed by atoms with van der Waals surface area (Å²) in [5.41, 5.74) is 7.28. The summed E-state index contributed by atoms with van der Waals surface area (Å²) in [6.07, 6.45) is 1.86. The van der Waals surface area contributed by atoms with Gasteiger partial charge in [-0.15, -0.1) is 11.3 Å². The summed E-state index contributed by atoms with van der Waals surface area (Å²) >= 11 is 1.53. The third-order valence-corrected chi connectivity index (χ3v) is 4.20. The molecule has 6 nitrogen and oxygen atoms in total. The zero-order chi connectivity index (χ0) is 14.3. The number of thiazole rings is 1. The van der Waals surface area contributed by atoms with Gasteiger partial charge in [0.25, 0.3) is 5.69 Å². The van der Waals surface area contributed by atoms with E-state index in [-0.39, 0.29) is 5.69 Å². The molecule has 20 heavy (non-hydrogen) atoms. The molecule has 0 aliphatic heterocycles. The number of nitro groups is 1. The average molecular weight is 288 g/mol. The van der Waals surface area contributed by atoms with E-state index in [1.807, 2.05) is 0 Å². The van der Waals surface area contributed by atoms with Gasteiger partial charge in [0.15, 0.2) is 5.82 Å². The lowest BCUT2D eigenvalue weighted by atomic mass is 10.2. The quantitative estimate of drug-likeness (QED) is 0.589. The fraction of sp³-hybridized carbons (Fsp3) is 0.231. The second-order valence-electron chi connectivity index (χ2n) is 4.49. The minimum Gasteiger partial charge on any atom is -0.382 e. The number of nitrogens with two attached hydrogens (primary N) is 1. The highest BCUT2D eigenvalue weighted by Gasteiger charge is 2.15. The van der Waals surface area contributed by atoms with E-state index in [2.05, 4.69) is 16.9 Å². The maximum absolute atomic E-state index is 10.9. The minimum absolute atomic E-state index is 0.0517. The number of fused-ring (bicyclic) bond motifs is 3. The first-order valence-corrected chi connectivity index (χ1v) is 7.05. The number of nitrogens with zero attached hydrogens (tertiary/aromatic N) is 3. The second kappa shape index (κ2) is 4.68. The number of non-ortho nitro benzene ring substituents is 1. The summed E-state index contributed by atoms with van der Waals surface area (Å²) in [5.74, 6) is 0.375. The van der Waals surface area contributed by atoms with E-state index in [0.717, 1.165) is 27.9 Å². The Morgan fingerprint density at radius 3 is 2.90 bits per heavy atom. The van der Waals surface area contributed by atoms with Crippen molar-refractivity contribution in [1.29, 1.82) is 0 Å². The Morgan fingerprint density at radius 2 is 2.20 bits per heavy atom. The minimum atomic E-state index is -0.407. The molecule has 0 saturated heterocycles. The maximum atomic E-state index is 10.9. The number of nitrogen functional groups attached to an aromatic ring is 1. The maximum Gasteiger partial charge on any atom is 0.270 e. The van der Waals surface area contributed by atoms with Gasteiger partial charge in [-0.05, 0) is 18.9 Å². The number of pyridine rings is 1. The third kappa shape index (κ3) is 1.96. The van der Waals surface area contributed by atoms with Crippen LogP contribution in [0, 0.1) is 10.1 Å². The highest BCUT2D eigenvalue weighted by atomic mass is 32.1. The van der Waals surface area contributed by atoms with E-state index in [4.69, 9.17) is 5.73 Å². The molecule has 0 amide bonds. The van der Waals surface area contributed by atoms with Crippen molar-refractivity contribution in [1.82, 2.24) is 9.97 Å². The van der Waals surface area contributed by atoms with Crippen LogP contribution in [0.4, 0.5) is 11.5 Å². The summed E-state index contributed by atoms with van der Waals surface area (Å²) < 4.78 is 0.875. The molecule has 2 heterocycles. The Balaban J connectivity index is 2.35. The standard InChI is InChI=1S/C13H12N4O2S/c1-2-3-10-16-11-12(20-10)8-6-7(17(18)19)4-5-9(8)15-13(11)14/h4-6H,2-3H2,1H3,(H2,14,15). The second-order valence-corrected chi connectivity index (χ2v) is 5.57. The Hall–Kier alpha value is -2.28. The van der Waals surface area contributed by atoms with Crippen molar-refractivity contribution < 1.29 is 4.92 Å². The molecular formula is C13H12N4O2S. The van der Waals surface area contributed by atoms with Crippen LogP contribution in [0.2, 0.25) is 0 Å². The first-order valence-electron chi connectivity index (χ1n) is 6.23. The zero-order valence-electron chi connectivity index (χ0n) is 10.8. The highest BCUT2D eigenvalue weighted by molar-refractivity contribution is 7.19. The fourth-order valence-corrected chi connectivity index (χ4v) is 3.34. The summed E-state index contributed by atoms with van der Waals surface area (Å²) in [7, 11) is 0. The number of rotatable bonds is 3.